The van der Waals surface area contributed by atoms with Gasteiger partial charge in [0.1, 0.15) is 12.3 Å². The number of benzene rings is 2. The SMILES string of the molecule is NC(=NC(Cc1ccccc1)C1=COCO1)N1CCN(C(=O)[C@](O)(c2ccccc2)C2CCCC2)CC1. The van der Waals surface area contributed by atoms with Crippen LogP contribution in [0.5, 0.6) is 0 Å². The largest absolute Gasteiger partial charge is 0.462 e. The van der Waals surface area contributed by atoms with E-state index >= 15 is 0 Å². The van der Waals surface area contributed by atoms with Crippen LogP contribution in [-0.2, 0) is 26.3 Å². The van der Waals surface area contributed by atoms with Gasteiger partial charge in [-0.2, -0.15) is 0 Å². The van der Waals surface area contributed by atoms with E-state index in [0.29, 0.717) is 49.9 Å². The van der Waals surface area contributed by atoms with Crippen molar-refractivity contribution in [3.63, 3.8) is 0 Å². The van der Waals surface area contributed by atoms with Gasteiger partial charge in [-0.3, -0.25) is 4.79 Å². The van der Waals surface area contributed by atoms with Gasteiger partial charge in [0, 0.05) is 38.5 Å². The Morgan fingerprint density at radius 1 is 1.00 bits per heavy atom. The van der Waals surface area contributed by atoms with Gasteiger partial charge < -0.3 is 30.1 Å². The minimum absolute atomic E-state index is 0.0623. The smallest absolute Gasteiger partial charge is 0.259 e. The Morgan fingerprint density at radius 3 is 2.24 bits per heavy atom. The molecule has 1 amide bonds. The molecule has 37 heavy (non-hydrogen) atoms. The molecule has 8 nitrogen and oxygen atoms in total. The van der Waals surface area contributed by atoms with E-state index in [1.807, 2.05) is 53.4 Å². The normalized spacial score (nSPS) is 21.1. The lowest BCUT2D eigenvalue weighted by atomic mass is 9.79. The second-order valence-electron chi connectivity index (χ2n) is 10.0. The number of rotatable bonds is 7. The van der Waals surface area contributed by atoms with E-state index in [4.69, 9.17) is 20.2 Å². The number of nitrogens with two attached hydrogens (primary N) is 1. The van der Waals surface area contributed by atoms with Crippen molar-refractivity contribution in [1.29, 1.82) is 0 Å². The van der Waals surface area contributed by atoms with Crippen molar-refractivity contribution in [1.82, 2.24) is 9.80 Å². The number of guanidine groups is 1. The van der Waals surface area contributed by atoms with Gasteiger partial charge in [0.15, 0.2) is 17.3 Å². The zero-order valence-electron chi connectivity index (χ0n) is 21.2. The number of carbonyl (C=O) groups is 1. The van der Waals surface area contributed by atoms with Crippen LogP contribution in [0.3, 0.4) is 0 Å². The van der Waals surface area contributed by atoms with Crippen molar-refractivity contribution >= 4 is 11.9 Å². The van der Waals surface area contributed by atoms with Gasteiger partial charge in [-0.25, -0.2) is 4.99 Å². The molecular formula is C29H36N4O4. The average molecular weight is 505 g/mol. The van der Waals surface area contributed by atoms with Crippen LogP contribution in [-0.4, -0.2) is 65.8 Å². The van der Waals surface area contributed by atoms with Crippen LogP contribution in [0.15, 0.2) is 77.7 Å². The molecule has 0 bridgehead atoms. The van der Waals surface area contributed by atoms with Gasteiger partial charge in [-0.05, 0) is 24.0 Å². The van der Waals surface area contributed by atoms with Gasteiger partial charge >= 0.3 is 0 Å². The lowest BCUT2D eigenvalue weighted by Crippen LogP contribution is -2.58. The zero-order valence-corrected chi connectivity index (χ0v) is 21.2. The summed E-state index contributed by atoms with van der Waals surface area (Å²) in [6.07, 6.45) is 6.06. The van der Waals surface area contributed by atoms with Crippen LogP contribution < -0.4 is 5.73 Å². The predicted octanol–water partition coefficient (Wildman–Crippen LogP) is 2.98. The molecule has 2 aliphatic heterocycles. The number of ether oxygens (including phenoxy) is 2. The Morgan fingerprint density at radius 2 is 1.62 bits per heavy atom. The van der Waals surface area contributed by atoms with E-state index in [-0.39, 0.29) is 24.7 Å². The highest BCUT2D eigenvalue weighted by atomic mass is 16.7. The van der Waals surface area contributed by atoms with E-state index in [9.17, 15) is 9.90 Å². The summed E-state index contributed by atoms with van der Waals surface area (Å²) in [5.41, 5.74) is 6.79. The van der Waals surface area contributed by atoms with Gasteiger partial charge in [0.2, 0.25) is 6.79 Å². The fourth-order valence-corrected chi connectivity index (χ4v) is 5.66. The first-order valence-electron chi connectivity index (χ1n) is 13.2. The van der Waals surface area contributed by atoms with Crippen molar-refractivity contribution in [2.75, 3.05) is 33.0 Å². The Labute approximate surface area is 218 Å². The maximum atomic E-state index is 13.8. The Kier molecular flexibility index (Phi) is 7.65. The highest BCUT2D eigenvalue weighted by Gasteiger charge is 2.48. The Bertz CT molecular complexity index is 1110. The van der Waals surface area contributed by atoms with E-state index in [1.165, 1.54) is 0 Å². The third-order valence-electron chi connectivity index (χ3n) is 7.76. The molecular weight excluding hydrogens is 468 g/mol. The third-order valence-corrected chi connectivity index (χ3v) is 7.76. The van der Waals surface area contributed by atoms with Gasteiger partial charge in [-0.15, -0.1) is 0 Å². The number of piperazine rings is 1. The van der Waals surface area contributed by atoms with Gasteiger partial charge in [0.05, 0.1) is 0 Å². The van der Waals surface area contributed by atoms with Crippen molar-refractivity contribution in [2.45, 2.75) is 43.7 Å². The fourth-order valence-electron chi connectivity index (χ4n) is 5.66. The molecule has 0 radical (unpaired) electrons. The predicted molar refractivity (Wildman–Crippen MR) is 141 cm³/mol. The number of nitrogens with zero attached hydrogens (tertiary/aromatic N) is 3. The Hall–Kier alpha value is -3.52. The van der Waals surface area contributed by atoms with Crippen LogP contribution in [0.1, 0.15) is 36.8 Å². The molecule has 3 aliphatic rings. The molecule has 2 aromatic rings. The van der Waals surface area contributed by atoms with Crippen LogP contribution >= 0.6 is 0 Å². The zero-order chi connectivity index (χ0) is 25.7. The fraction of sp³-hybridized carbons (Fsp3) is 0.448. The van der Waals surface area contributed by atoms with Crippen molar-refractivity contribution in [2.24, 2.45) is 16.6 Å². The van der Waals surface area contributed by atoms with Gasteiger partial charge in [-0.1, -0.05) is 73.5 Å². The van der Waals surface area contributed by atoms with Gasteiger partial charge in [0.25, 0.3) is 5.91 Å². The molecule has 1 saturated heterocycles. The second kappa shape index (κ2) is 11.3. The molecule has 8 heteroatoms. The lowest BCUT2D eigenvalue weighted by Gasteiger charge is -2.41. The van der Waals surface area contributed by atoms with Crippen molar-refractivity contribution < 1.29 is 19.4 Å². The lowest BCUT2D eigenvalue weighted by molar-refractivity contribution is -0.160. The van der Waals surface area contributed by atoms with E-state index in [2.05, 4.69) is 12.1 Å². The highest BCUT2D eigenvalue weighted by molar-refractivity contribution is 5.87. The first-order chi connectivity index (χ1) is 18.1. The van der Waals surface area contributed by atoms with E-state index in [1.54, 1.807) is 11.2 Å². The summed E-state index contributed by atoms with van der Waals surface area (Å²) in [7, 11) is 0. The summed E-state index contributed by atoms with van der Waals surface area (Å²) in [5.74, 6) is 0.806. The first kappa shape index (κ1) is 25.1. The first-order valence-corrected chi connectivity index (χ1v) is 13.2. The summed E-state index contributed by atoms with van der Waals surface area (Å²) >= 11 is 0. The number of aliphatic hydroxyl groups is 1. The number of hydrogen-bond donors (Lipinski definition) is 2. The maximum absolute atomic E-state index is 13.8. The maximum Gasteiger partial charge on any atom is 0.259 e. The molecule has 2 heterocycles. The molecule has 2 atom stereocenters. The van der Waals surface area contributed by atoms with Crippen LogP contribution in [0, 0.1) is 5.92 Å². The third kappa shape index (κ3) is 5.44. The van der Waals surface area contributed by atoms with E-state index < -0.39 is 5.60 Å². The molecule has 1 aliphatic carbocycles. The molecule has 3 N–H and O–H groups in total. The average Bonchev–Trinajstić information content (AvgIpc) is 3.68. The molecule has 5 rings (SSSR count). The molecule has 2 fully saturated rings. The summed E-state index contributed by atoms with van der Waals surface area (Å²) in [6, 6.07) is 19.2. The van der Waals surface area contributed by atoms with E-state index in [0.717, 1.165) is 31.2 Å². The summed E-state index contributed by atoms with van der Waals surface area (Å²) in [5, 5.41) is 11.9. The van der Waals surface area contributed by atoms with Crippen molar-refractivity contribution in [3.8, 4) is 0 Å². The number of carbonyl (C=O) groups excluding carboxylic acids is 1. The highest BCUT2D eigenvalue weighted by Crippen LogP contribution is 2.42. The quantitative estimate of drug-likeness (QED) is 0.444. The topological polar surface area (TPSA) is 101 Å². The van der Waals surface area contributed by atoms with Crippen LogP contribution in [0.4, 0.5) is 0 Å². The van der Waals surface area contributed by atoms with Crippen LogP contribution in [0.2, 0.25) is 0 Å². The number of aliphatic imine (C=N–C) groups is 1. The number of hydrogen-bond acceptors (Lipinski definition) is 5. The summed E-state index contributed by atoms with van der Waals surface area (Å²) < 4.78 is 10.9. The number of amides is 1. The minimum atomic E-state index is -1.49. The summed E-state index contributed by atoms with van der Waals surface area (Å²) in [6.45, 7) is 2.23. The van der Waals surface area contributed by atoms with Crippen molar-refractivity contribution in [3.05, 3.63) is 83.8 Å². The Balaban J connectivity index is 1.28. The second-order valence-corrected chi connectivity index (χ2v) is 10.0. The summed E-state index contributed by atoms with van der Waals surface area (Å²) in [4.78, 5) is 22.4. The van der Waals surface area contributed by atoms with Crippen LogP contribution in [0.25, 0.3) is 0 Å². The molecule has 1 unspecified atom stereocenters. The monoisotopic (exact) mass is 504 g/mol. The molecule has 1 saturated carbocycles. The standard InChI is InChI=1S/C29H36N4O4/c30-28(31-25(26-20-36-21-37-26)19-22-9-3-1-4-10-22)33-17-15-32(16-18-33)27(34)29(35,24-13-7-8-14-24)23-11-5-2-6-12-23/h1-6,9-12,20,24-25,35H,7-8,13-19,21H2,(H2,30,31)/t25?,29-/m0/s1. The minimum Gasteiger partial charge on any atom is -0.462 e. The molecule has 0 spiro atoms. The molecule has 0 aromatic heterocycles. The molecule has 196 valence electrons. The molecule has 2 aromatic carbocycles.